The Hall–Kier alpha value is -1.63. The lowest BCUT2D eigenvalue weighted by Gasteiger charge is -2.31. The summed E-state index contributed by atoms with van der Waals surface area (Å²) in [7, 11) is 1.85. The number of halogens is 1. The number of nitrogens with two attached hydrogens (primary N) is 1. The summed E-state index contributed by atoms with van der Waals surface area (Å²) < 4.78 is 5.36. The Morgan fingerprint density at radius 1 is 1.15 bits per heavy atom. The van der Waals surface area contributed by atoms with Crippen molar-refractivity contribution in [3.63, 3.8) is 0 Å². The third kappa shape index (κ3) is 5.21. The molecule has 27 heavy (non-hydrogen) atoms. The number of ether oxygens (including phenoxy) is 1. The molecule has 1 saturated heterocycles. The van der Waals surface area contributed by atoms with Crippen molar-refractivity contribution in [3.05, 3.63) is 29.8 Å². The Bertz CT molecular complexity index is 632. The van der Waals surface area contributed by atoms with Gasteiger partial charge >= 0.3 is 0 Å². The van der Waals surface area contributed by atoms with Crippen LogP contribution in [0.2, 0.25) is 0 Å². The third-order valence-electron chi connectivity index (χ3n) is 5.76. The van der Waals surface area contributed by atoms with E-state index in [-0.39, 0.29) is 42.1 Å². The van der Waals surface area contributed by atoms with Gasteiger partial charge in [-0.1, -0.05) is 6.42 Å². The number of benzene rings is 1. The maximum Gasteiger partial charge on any atom is 0.253 e. The molecule has 0 unspecified atom stereocenters. The lowest BCUT2D eigenvalue weighted by molar-refractivity contribution is -0.120. The van der Waals surface area contributed by atoms with Crippen LogP contribution in [0, 0.1) is 11.8 Å². The van der Waals surface area contributed by atoms with Crippen LogP contribution in [0.1, 0.15) is 42.5 Å². The highest BCUT2D eigenvalue weighted by molar-refractivity contribution is 5.96. The number of hydrogen-bond acceptors (Lipinski definition) is 4. The summed E-state index contributed by atoms with van der Waals surface area (Å²) in [6, 6.07) is 7.39. The molecule has 0 aromatic heterocycles. The van der Waals surface area contributed by atoms with Gasteiger partial charge in [-0.05, 0) is 62.4 Å². The first kappa shape index (κ1) is 21.7. The summed E-state index contributed by atoms with van der Waals surface area (Å²) in [5.41, 5.74) is 7.13. The fourth-order valence-corrected chi connectivity index (χ4v) is 4.04. The molecule has 2 fully saturated rings. The van der Waals surface area contributed by atoms with Gasteiger partial charge in [0, 0.05) is 43.5 Å². The molecular formula is C20H30ClN3O3. The van der Waals surface area contributed by atoms with Crippen LogP contribution in [0.25, 0.3) is 0 Å². The Balaban J connectivity index is 0.00000261. The molecule has 2 atom stereocenters. The van der Waals surface area contributed by atoms with Gasteiger partial charge in [0.25, 0.3) is 5.91 Å². The molecule has 0 radical (unpaired) electrons. The molecule has 1 aromatic carbocycles. The van der Waals surface area contributed by atoms with E-state index in [0.717, 1.165) is 37.8 Å². The lowest BCUT2D eigenvalue weighted by Crippen LogP contribution is -2.40. The second-order valence-electron chi connectivity index (χ2n) is 7.36. The highest BCUT2D eigenvalue weighted by Gasteiger charge is 2.32. The highest BCUT2D eigenvalue weighted by Crippen LogP contribution is 2.31. The van der Waals surface area contributed by atoms with E-state index in [2.05, 4.69) is 5.32 Å². The number of amides is 2. The highest BCUT2D eigenvalue weighted by atomic mass is 35.5. The topological polar surface area (TPSA) is 84.7 Å². The summed E-state index contributed by atoms with van der Waals surface area (Å²) in [6.45, 7) is 1.97. The molecule has 150 valence electrons. The standard InChI is InChI=1S/C20H29N3O3.ClH/c1-23(17-9-11-26-12-10-17)20(25)14-5-7-16(8-6-14)22-19(24)18-4-2-3-15(18)13-21;/h5-8,15,17-18H,2-4,9-13,21H2,1H3,(H,22,24);1H/t15-,18-;/m1./s1. The van der Waals surface area contributed by atoms with Crippen LogP contribution < -0.4 is 11.1 Å². The van der Waals surface area contributed by atoms with Crippen LogP contribution in [-0.4, -0.2) is 49.6 Å². The minimum atomic E-state index is 0. The molecule has 1 aliphatic carbocycles. The maximum atomic E-state index is 12.7. The number of hydrogen-bond donors (Lipinski definition) is 2. The number of carbonyl (C=O) groups is 2. The molecule has 6 nitrogen and oxygen atoms in total. The SMILES string of the molecule is CN(C(=O)c1ccc(NC(=O)[C@@H]2CCC[C@@H]2CN)cc1)C1CCOCC1.Cl. The van der Waals surface area contributed by atoms with Crippen molar-refractivity contribution in [1.82, 2.24) is 4.90 Å². The van der Waals surface area contributed by atoms with Gasteiger partial charge in [-0.3, -0.25) is 9.59 Å². The predicted molar refractivity (Wildman–Crippen MR) is 108 cm³/mol. The second-order valence-corrected chi connectivity index (χ2v) is 7.36. The molecule has 1 heterocycles. The number of carbonyl (C=O) groups excluding carboxylic acids is 2. The smallest absolute Gasteiger partial charge is 0.253 e. The van der Waals surface area contributed by atoms with E-state index >= 15 is 0 Å². The molecule has 0 spiro atoms. The fraction of sp³-hybridized carbons (Fsp3) is 0.600. The van der Waals surface area contributed by atoms with Crippen molar-refractivity contribution in [2.45, 2.75) is 38.1 Å². The monoisotopic (exact) mass is 395 g/mol. The largest absolute Gasteiger partial charge is 0.381 e. The van der Waals surface area contributed by atoms with E-state index in [4.69, 9.17) is 10.5 Å². The van der Waals surface area contributed by atoms with Gasteiger partial charge in [-0.25, -0.2) is 0 Å². The minimum Gasteiger partial charge on any atom is -0.381 e. The van der Waals surface area contributed by atoms with Gasteiger partial charge < -0.3 is 20.7 Å². The van der Waals surface area contributed by atoms with Crippen LogP contribution in [0.15, 0.2) is 24.3 Å². The first-order chi connectivity index (χ1) is 12.6. The summed E-state index contributed by atoms with van der Waals surface area (Å²) in [6.07, 6.45) is 4.74. The normalized spacial score (nSPS) is 22.7. The molecule has 1 aliphatic heterocycles. The zero-order valence-corrected chi connectivity index (χ0v) is 16.7. The number of nitrogens with zero attached hydrogens (tertiary/aromatic N) is 1. The molecule has 2 amide bonds. The summed E-state index contributed by atoms with van der Waals surface area (Å²) in [4.78, 5) is 26.9. The molecule has 1 aromatic rings. The van der Waals surface area contributed by atoms with Crippen LogP contribution >= 0.6 is 12.4 Å². The van der Waals surface area contributed by atoms with E-state index in [9.17, 15) is 9.59 Å². The Morgan fingerprint density at radius 2 is 1.81 bits per heavy atom. The molecule has 2 aliphatic rings. The minimum absolute atomic E-state index is 0. The van der Waals surface area contributed by atoms with Crippen LogP contribution in [-0.2, 0) is 9.53 Å². The molecule has 3 rings (SSSR count). The van der Waals surface area contributed by atoms with Crippen LogP contribution in [0.3, 0.4) is 0 Å². The van der Waals surface area contributed by atoms with Crippen molar-refractivity contribution < 1.29 is 14.3 Å². The van der Waals surface area contributed by atoms with Crippen molar-refractivity contribution in [2.75, 3.05) is 32.1 Å². The molecule has 0 bridgehead atoms. The van der Waals surface area contributed by atoms with Crippen molar-refractivity contribution in [1.29, 1.82) is 0 Å². The van der Waals surface area contributed by atoms with E-state index in [1.165, 1.54) is 0 Å². The van der Waals surface area contributed by atoms with Gasteiger partial charge in [-0.15, -0.1) is 12.4 Å². The molecular weight excluding hydrogens is 366 g/mol. The zero-order valence-electron chi connectivity index (χ0n) is 15.9. The third-order valence-corrected chi connectivity index (χ3v) is 5.76. The molecule has 3 N–H and O–H groups in total. The Kier molecular flexibility index (Phi) is 8.07. The number of nitrogens with one attached hydrogen (secondary N) is 1. The van der Waals surface area contributed by atoms with Gasteiger partial charge in [0.05, 0.1) is 0 Å². The summed E-state index contributed by atoms with van der Waals surface area (Å²) in [5.74, 6) is 0.329. The maximum absolute atomic E-state index is 12.7. The van der Waals surface area contributed by atoms with E-state index in [1.807, 2.05) is 7.05 Å². The van der Waals surface area contributed by atoms with Crippen molar-refractivity contribution >= 4 is 29.9 Å². The first-order valence-electron chi connectivity index (χ1n) is 9.56. The lowest BCUT2D eigenvalue weighted by atomic mass is 9.95. The number of rotatable bonds is 5. The average molecular weight is 396 g/mol. The van der Waals surface area contributed by atoms with Gasteiger partial charge in [0.15, 0.2) is 0 Å². The van der Waals surface area contributed by atoms with E-state index < -0.39 is 0 Å². The van der Waals surface area contributed by atoms with E-state index in [0.29, 0.717) is 25.3 Å². The predicted octanol–water partition coefficient (Wildman–Crippen LogP) is 2.67. The van der Waals surface area contributed by atoms with Gasteiger partial charge in [-0.2, -0.15) is 0 Å². The van der Waals surface area contributed by atoms with Crippen molar-refractivity contribution in [2.24, 2.45) is 17.6 Å². The van der Waals surface area contributed by atoms with Crippen LogP contribution in [0.5, 0.6) is 0 Å². The molecule has 1 saturated carbocycles. The van der Waals surface area contributed by atoms with E-state index in [1.54, 1.807) is 29.2 Å². The summed E-state index contributed by atoms with van der Waals surface area (Å²) in [5, 5.41) is 2.97. The average Bonchev–Trinajstić information content (AvgIpc) is 3.17. The summed E-state index contributed by atoms with van der Waals surface area (Å²) >= 11 is 0. The Morgan fingerprint density at radius 3 is 2.44 bits per heavy atom. The molecule has 7 heteroatoms. The fourth-order valence-electron chi connectivity index (χ4n) is 4.04. The second kappa shape index (κ2) is 10.1. The van der Waals surface area contributed by atoms with Gasteiger partial charge in [0.2, 0.25) is 5.91 Å². The zero-order chi connectivity index (χ0) is 18.5. The first-order valence-corrected chi connectivity index (χ1v) is 9.56. The van der Waals surface area contributed by atoms with Crippen LogP contribution in [0.4, 0.5) is 5.69 Å². The Labute approximate surface area is 167 Å². The van der Waals surface area contributed by atoms with Gasteiger partial charge in [0.1, 0.15) is 0 Å². The number of anilines is 1. The quantitative estimate of drug-likeness (QED) is 0.802. The van der Waals surface area contributed by atoms with Crippen molar-refractivity contribution in [3.8, 4) is 0 Å².